The van der Waals surface area contributed by atoms with E-state index in [9.17, 15) is 0 Å². The van der Waals surface area contributed by atoms with Crippen molar-refractivity contribution >= 4 is 25.2 Å². The van der Waals surface area contributed by atoms with Crippen LogP contribution in [0.4, 0.5) is 0 Å². The minimum atomic E-state index is -4.64. The maximum absolute atomic E-state index is 8.88. The molecule has 50 valence electrons. The van der Waals surface area contributed by atoms with E-state index >= 15 is 0 Å². The Morgan fingerprint density at radius 3 is 1.22 bits per heavy atom. The predicted molar refractivity (Wildman–Crippen MR) is 26.0 cm³/mol. The standard InChI is InChI=1S/Al.Li.H3O4P.O.Ti.4H/c;;1-5(2,3)4;;;;;;/h;;(H3,1,2,3,4);;;;;;/q;+1;;;;;;;-1. The first kappa shape index (κ1) is 22.4. The fourth-order valence-corrected chi connectivity index (χ4v) is 0. The van der Waals surface area contributed by atoms with Crippen LogP contribution in [0.25, 0.3) is 0 Å². The number of rotatable bonds is 0. The number of phosphoric acid groups is 1. The van der Waals surface area contributed by atoms with Gasteiger partial charge in [0.2, 0.25) is 0 Å². The van der Waals surface area contributed by atoms with E-state index in [2.05, 4.69) is 0 Å². The zero-order chi connectivity index (χ0) is 6.50. The van der Waals surface area contributed by atoms with E-state index in [0.717, 1.165) is 20.4 Å². The summed E-state index contributed by atoms with van der Waals surface area (Å²) < 4.78 is 17.1. The molecule has 5 nitrogen and oxygen atoms in total. The molecule has 0 unspecified atom stereocenters. The molecule has 3 N–H and O–H groups in total. The van der Waals surface area contributed by atoms with Crippen LogP contribution in [-0.2, 0) is 28.3 Å². The Morgan fingerprint density at radius 1 is 1.22 bits per heavy atom. The van der Waals surface area contributed by atoms with Gasteiger partial charge in [0, 0.05) is 0 Å². The average molecular weight is 200 g/mol. The van der Waals surface area contributed by atoms with E-state index in [1.54, 1.807) is 0 Å². The van der Waals surface area contributed by atoms with Crippen molar-refractivity contribution < 1.29 is 63.3 Å². The van der Waals surface area contributed by atoms with Crippen LogP contribution in [0.15, 0.2) is 0 Å². The summed E-state index contributed by atoms with van der Waals surface area (Å²) in [5.41, 5.74) is 0. The molecule has 0 atom stereocenters. The Kier molecular flexibility index (Phi) is 31.0. The van der Waals surface area contributed by atoms with Gasteiger partial charge in [-0.3, -0.25) is 0 Å². The SMILES string of the molecule is O=P(O)(O)O.[AlH3].[H-].[Li+].[O]=[Ti]. The molecule has 0 rings (SSSR count). The van der Waals surface area contributed by atoms with Gasteiger partial charge in [0.25, 0.3) is 0 Å². The van der Waals surface area contributed by atoms with Gasteiger partial charge in [-0.05, 0) is 0 Å². The van der Waals surface area contributed by atoms with Crippen LogP contribution in [0.1, 0.15) is 1.43 Å². The van der Waals surface area contributed by atoms with E-state index in [1.807, 2.05) is 0 Å². The first-order chi connectivity index (χ1) is 3.00. The Bertz CT molecular complexity index is 77.5. The molecule has 9 heavy (non-hydrogen) atoms. The monoisotopic (exact) mass is 200 g/mol. The summed E-state index contributed by atoms with van der Waals surface area (Å²) in [6, 6.07) is 0. The first-order valence-electron chi connectivity index (χ1n) is 0.987. The van der Waals surface area contributed by atoms with Crippen LogP contribution < -0.4 is 18.9 Å². The molecule has 0 heterocycles. The molecule has 0 bridgehead atoms. The number of hydrogen-bond donors (Lipinski definition) is 3. The fourth-order valence-electron chi connectivity index (χ4n) is 0. The third kappa shape index (κ3) is 191. The third-order valence-electron chi connectivity index (χ3n) is 0. The summed E-state index contributed by atoms with van der Waals surface area (Å²) in [7, 11) is -4.64. The average Bonchev–Trinajstić information content (AvgIpc) is 1.36. The molecule has 9 heteroatoms. The maximum atomic E-state index is 8.88. The predicted octanol–water partition coefficient (Wildman–Crippen LogP) is -5.12. The Balaban J connectivity index is -0.0000000154. The second-order valence-electron chi connectivity index (χ2n) is 0.513. The number of hydrogen-bond acceptors (Lipinski definition) is 2. The van der Waals surface area contributed by atoms with Gasteiger partial charge in [-0.15, -0.1) is 0 Å². The molecule has 0 saturated carbocycles. The zero-order valence-electron chi connectivity index (χ0n) is 5.11. The van der Waals surface area contributed by atoms with Crippen LogP contribution >= 0.6 is 7.82 Å². The van der Waals surface area contributed by atoms with Gasteiger partial charge in [-0.2, -0.15) is 0 Å². The van der Waals surface area contributed by atoms with Crippen molar-refractivity contribution in [3.05, 3.63) is 0 Å². The van der Waals surface area contributed by atoms with Crippen molar-refractivity contribution in [1.82, 2.24) is 0 Å². The molecule has 0 spiro atoms. The van der Waals surface area contributed by atoms with Crippen molar-refractivity contribution in [2.45, 2.75) is 0 Å². The van der Waals surface area contributed by atoms with Crippen LogP contribution in [0.5, 0.6) is 0 Å². The molecular formula is H7AlLiO5PTi. The molecule has 0 aliphatic heterocycles. The van der Waals surface area contributed by atoms with Gasteiger partial charge in [-0.25, -0.2) is 4.57 Å². The van der Waals surface area contributed by atoms with Gasteiger partial charge in [-0.1, -0.05) is 0 Å². The normalized spacial score (nSPS) is 6.89. The molecule has 0 fully saturated rings. The minimum absolute atomic E-state index is 0. The molecule has 0 aromatic heterocycles. The van der Waals surface area contributed by atoms with Gasteiger partial charge in [0.1, 0.15) is 0 Å². The topological polar surface area (TPSA) is 94.8 Å². The summed E-state index contributed by atoms with van der Waals surface area (Å²) in [5, 5.41) is 0. The summed E-state index contributed by atoms with van der Waals surface area (Å²) in [6.07, 6.45) is 0. The molecule has 0 saturated heterocycles. The van der Waals surface area contributed by atoms with E-state index < -0.39 is 7.82 Å². The summed E-state index contributed by atoms with van der Waals surface area (Å²) in [4.78, 5) is 21.6. The van der Waals surface area contributed by atoms with Crippen LogP contribution in [0, 0.1) is 0 Å². The van der Waals surface area contributed by atoms with Gasteiger partial charge in [0.05, 0.1) is 0 Å². The van der Waals surface area contributed by atoms with E-state index in [1.165, 1.54) is 0 Å². The third-order valence-corrected chi connectivity index (χ3v) is 0. The second-order valence-corrected chi connectivity index (χ2v) is 1.54. The Labute approximate surface area is 88.0 Å². The summed E-state index contributed by atoms with van der Waals surface area (Å²) in [6.45, 7) is 0. The molecule has 0 aliphatic carbocycles. The molecule has 0 radical (unpaired) electrons. The molecule has 0 aliphatic rings. The van der Waals surface area contributed by atoms with Gasteiger partial charge < -0.3 is 16.1 Å². The van der Waals surface area contributed by atoms with Gasteiger partial charge in [0.15, 0.2) is 17.4 Å². The van der Waals surface area contributed by atoms with Crippen LogP contribution in [-0.4, -0.2) is 32.0 Å². The van der Waals surface area contributed by atoms with Crippen molar-refractivity contribution in [1.29, 1.82) is 0 Å². The van der Waals surface area contributed by atoms with Crippen molar-refractivity contribution in [3.63, 3.8) is 0 Å². The van der Waals surface area contributed by atoms with Crippen LogP contribution in [0.3, 0.4) is 0 Å². The second kappa shape index (κ2) is 12.4. The van der Waals surface area contributed by atoms with Crippen LogP contribution in [0.2, 0.25) is 0 Å². The van der Waals surface area contributed by atoms with E-state index in [4.69, 9.17) is 22.6 Å². The first-order valence-corrected chi connectivity index (χ1v) is 3.19. The Morgan fingerprint density at radius 2 is 1.22 bits per heavy atom. The van der Waals surface area contributed by atoms with E-state index in [-0.39, 0.29) is 37.6 Å². The molecular weight excluding hydrogens is 193 g/mol. The van der Waals surface area contributed by atoms with Gasteiger partial charge >= 0.3 is 50.4 Å². The van der Waals surface area contributed by atoms with Crippen molar-refractivity contribution in [3.8, 4) is 0 Å². The fraction of sp³-hybridized carbons (Fsp3) is 0. The quantitative estimate of drug-likeness (QED) is 0.268. The summed E-state index contributed by atoms with van der Waals surface area (Å²) >= 11 is 0.750. The molecule has 0 amide bonds. The zero-order valence-corrected chi connectivity index (χ0v) is 6.56. The van der Waals surface area contributed by atoms with Crippen molar-refractivity contribution in [2.24, 2.45) is 0 Å². The Hall–Kier alpha value is 1.75. The summed E-state index contributed by atoms with van der Waals surface area (Å²) in [5.74, 6) is 0. The molecule has 0 aromatic rings. The van der Waals surface area contributed by atoms with Crippen molar-refractivity contribution in [2.75, 3.05) is 0 Å². The molecule has 0 aromatic carbocycles. The van der Waals surface area contributed by atoms with E-state index in [0.29, 0.717) is 0 Å².